The maximum Gasteiger partial charge on any atom is 0.402 e. The Morgan fingerprint density at radius 1 is 1.33 bits per heavy atom. The molecule has 0 spiro atoms. The molecule has 2 aliphatic heterocycles. The molecule has 9 heteroatoms. The Morgan fingerprint density at radius 3 is 2.50 bits per heavy atom. The third kappa shape index (κ3) is 1.97. The van der Waals surface area contributed by atoms with Crippen molar-refractivity contribution in [1.82, 2.24) is 14.4 Å². The van der Waals surface area contributed by atoms with Crippen LogP contribution in [0.25, 0.3) is 0 Å². The zero-order valence-electron chi connectivity index (χ0n) is 14.4. The van der Waals surface area contributed by atoms with E-state index < -0.39 is 30.4 Å². The highest BCUT2D eigenvalue weighted by molar-refractivity contribution is 6.19. The molecule has 0 aromatic carbocycles. The number of amides is 4. The van der Waals surface area contributed by atoms with E-state index in [0.717, 1.165) is 16.3 Å². The highest BCUT2D eigenvalue weighted by Crippen LogP contribution is 2.32. The third-order valence-corrected chi connectivity index (χ3v) is 4.59. The summed E-state index contributed by atoms with van der Waals surface area (Å²) in [6, 6.07) is -1.19. The highest BCUT2D eigenvalue weighted by Gasteiger charge is 2.54. The van der Waals surface area contributed by atoms with Gasteiger partial charge < -0.3 is 5.73 Å². The summed E-state index contributed by atoms with van der Waals surface area (Å²) in [6.07, 6.45) is 0. The average molecular weight is 333 g/mol. The van der Waals surface area contributed by atoms with Crippen LogP contribution in [0.4, 0.5) is 10.7 Å². The number of aliphatic imine (C=N–C) groups is 1. The van der Waals surface area contributed by atoms with Crippen molar-refractivity contribution >= 4 is 29.6 Å². The number of carbonyl (C=O) groups is 3. The van der Waals surface area contributed by atoms with E-state index >= 15 is 0 Å². The minimum Gasteiger partial charge on any atom is -0.368 e. The van der Waals surface area contributed by atoms with Crippen molar-refractivity contribution in [2.24, 2.45) is 10.7 Å². The number of nitrogens with zero attached hydrogens (tertiary/aromatic N) is 5. The summed E-state index contributed by atoms with van der Waals surface area (Å²) in [6.45, 7) is 7.51. The van der Waals surface area contributed by atoms with Crippen LogP contribution in [0, 0.1) is 13.8 Å². The number of carbonyl (C=O) groups excluding carboxylic acids is 3. The lowest BCUT2D eigenvalue weighted by atomic mass is 10.1. The molecule has 0 saturated carbocycles. The van der Waals surface area contributed by atoms with Gasteiger partial charge in [0, 0.05) is 7.05 Å². The van der Waals surface area contributed by atoms with E-state index in [4.69, 9.17) is 5.73 Å². The van der Waals surface area contributed by atoms with E-state index in [1.165, 1.54) is 4.90 Å². The summed E-state index contributed by atoms with van der Waals surface area (Å²) in [5.74, 6) is -0.211. The molecule has 1 atom stereocenters. The minimum atomic E-state index is -0.749. The van der Waals surface area contributed by atoms with Crippen molar-refractivity contribution in [2.75, 3.05) is 13.6 Å². The first-order valence-electron chi connectivity index (χ1n) is 7.75. The number of hydrogen-bond acceptors (Lipinski definition) is 4. The smallest absolute Gasteiger partial charge is 0.368 e. The zero-order chi connectivity index (χ0) is 17.9. The maximum absolute atomic E-state index is 12.9. The number of hydrogen-bond donors (Lipinski definition) is 1. The van der Waals surface area contributed by atoms with Crippen LogP contribution in [0.5, 0.6) is 0 Å². The van der Waals surface area contributed by atoms with Crippen LogP contribution in [0.15, 0.2) is 4.99 Å². The topological polar surface area (TPSA) is 105 Å². The van der Waals surface area contributed by atoms with E-state index in [1.807, 2.05) is 36.8 Å². The molecule has 1 aromatic heterocycles. The molecule has 2 N–H and O–H groups in total. The Bertz CT molecular complexity index is 807. The summed E-state index contributed by atoms with van der Waals surface area (Å²) in [5.41, 5.74) is 7.09. The summed E-state index contributed by atoms with van der Waals surface area (Å²) >= 11 is 0. The van der Waals surface area contributed by atoms with Crippen LogP contribution in [0.2, 0.25) is 0 Å². The van der Waals surface area contributed by atoms with Crippen molar-refractivity contribution < 1.29 is 19.0 Å². The summed E-state index contributed by atoms with van der Waals surface area (Å²) in [4.78, 5) is 43.2. The van der Waals surface area contributed by atoms with Gasteiger partial charge in [0.1, 0.15) is 17.9 Å². The number of likely N-dealkylation sites (N-methyl/N-ethyl adjacent to an activating group) is 1. The lowest BCUT2D eigenvalue weighted by molar-refractivity contribution is -0.682. The van der Waals surface area contributed by atoms with Gasteiger partial charge >= 0.3 is 12.0 Å². The van der Waals surface area contributed by atoms with Gasteiger partial charge in [0.15, 0.2) is 0 Å². The van der Waals surface area contributed by atoms with Crippen LogP contribution >= 0.6 is 0 Å². The molecule has 3 rings (SSSR count). The number of imide groups is 1. The average Bonchev–Trinajstić information content (AvgIpc) is 2.98. The lowest BCUT2D eigenvalue weighted by Gasteiger charge is -2.32. The predicted octanol–water partition coefficient (Wildman–Crippen LogP) is -0.0627. The first-order chi connectivity index (χ1) is 11.2. The number of fused-ring (bicyclic) bond motifs is 3. The molecule has 1 unspecified atom stereocenters. The molecule has 1 saturated heterocycles. The van der Waals surface area contributed by atoms with Gasteiger partial charge in [0.25, 0.3) is 5.91 Å². The second-order valence-corrected chi connectivity index (χ2v) is 6.41. The van der Waals surface area contributed by atoms with Crippen molar-refractivity contribution in [3.63, 3.8) is 0 Å². The second kappa shape index (κ2) is 5.15. The van der Waals surface area contributed by atoms with Gasteiger partial charge in [0.05, 0.1) is 6.04 Å². The van der Waals surface area contributed by atoms with Crippen molar-refractivity contribution in [3.8, 4) is 0 Å². The van der Waals surface area contributed by atoms with Crippen LogP contribution in [-0.2, 0) is 9.59 Å². The number of urea groups is 1. The Kier molecular flexibility index (Phi) is 3.47. The van der Waals surface area contributed by atoms with Crippen LogP contribution in [0.1, 0.15) is 37.3 Å². The second-order valence-electron chi connectivity index (χ2n) is 6.41. The third-order valence-electron chi connectivity index (χ3n) is 4.59. The normalized spacial score (nSPS) is 19.8. The van der Waals surface area contributed by atoms with Gasteiger partial charge in [0.2, 0.25) is 17.8 Å². The lowest BCUT2D eigenvalue weighted by Crippen LogP contribution is -2.64. The summed E-state index contributed by atoms with van der Waals surface area (Å²) < 4.78 is 3.86. The molecule has 4 amide bonds. The van der Waals surface area contributed by atoms with Crippen LogP contribution in [0.3, 0.4) is 0 Å². The minimum absolute atomic E-state index is 0.155. The maximum atomic E-state index is 12.9. The van der Waals surface area contributed by atoms with E-state index in [1.54, 1.807) is 7.05 Å². The number of nitrogens with two attached hydrogens (primary N) is 1. The fraction of sp³-hybridized carbons (Fsp3) is 0.533. The predicted molar refractivity (Wildman–Crippen MR) is 84.7 cm³/mol. The molecule has 1 aromatic rings. The van der Waals surface area contributed by atoms with E-state index in [9.17, 15) is 14.4 Å². The van der Waals surface area contributed by atoms with E-state index in [2.05, 4.69) is 4.99 Å². The number of primary amides is 1. The largest absolute Gasteiger partial charge is 0.402 e. The Hall–Kier alpha value is -2.71. The Balaban J connectivity index is 2.17. The number of imidazole rings is 1. The molecule has 1 fully saturated rings. The quantitative estimate of drug-likeness (QED) is 0.783. The van der Waals surface area contributed by atoms with Gasteiger partial charge in [-0.1, -0.05) is 4.99 Å². The standard InChI is InChI=1S/C15H20N6O3/c1-7(2)20-8(3)9(4)21-11-12(17-14(20)21)18(5)15(24)19(13(11)23)6-10(16)22/h7,11H,6H2,1-5H3,(H-,16,22)/p+1. The molecule has 0 aliphatic carbocycles. The SMILES string of the molecule is Cc1c(C)[n+]2c(n1C(C)C)N=C1C2C(=O)N(CC(N)=O)C(=O)N1C. The van der Waals surface area contributed by atoms with Gasteiger partial charge in [-0.3, -0.25) is 19.4 Å². The van der Waals surface area contributed by atoms with E-state index in [0.29, 0.717) is 11.8 Å². The molecule has 2 aliphatic rings. The molecule has 128 valence electrons. The summed E-state index contributed by atoms with van der Waals surface area (Å²) in [7, 11) is 1.54. The molecular weight excluding hydrogens is 312 g/mol. The number of aromatic nitrogens is 2. The molecular formula is C15H21N6O3+. The monoisotopic (exact) mass is 333 g/mol. The molecule has 24 heavy (non-hydrogen) atoms. The fourth-order valence-corrected chi connectivity index (χ4v) is 3.38. The molecule has 0 radical (unpaired) electrons. The summed E-state index contributed by atoms with van der Waals surface area (Å²) in [5, 5.41) is 0. The van der Waals surface area contributed by atoms with E-state index in [-0.39, 0.29) is 6.04 Å². The van der Waals surface area contributed by atoms with Crippen LogP contribution in [-0.4, -0.2) is 51.6 Å². The van der Waals surface area contributed by atoms with Gasteiger partial charge in [-0.05, 0) is 27.7 Å². The first kappa shape index (κ1) is 16.2. The highest BCUT2D eigenvalue weighted by atomic mass is 16.2. The number of rotatable bonds is 3. The van der Waals surface area contributed by atoms with Gasteiger partial charge in [-0.15, -0.1) is 0 Å². The Morgan fingerprint density at radius 2 is 1.96 bits per heavy atom. The fourth-order valence-electron chi connectivity index (χ4n) is 3.38. The number of amidine groups is 1. The Labute approximate surface area is 139 Å². The van der Waals surface area contributed by atoms with Gasteiger partial charge in [-0.2, -0.15) is 0 Å². The van der Waals surface area contributed by atoms with Crippen molar-refractivity contribution in [3.05, 3.63) is 11.4 Å². The first-order valence-corrected chi connectivity index (χ1v) is 7.75. The molecule has 0 bridgehead atoms. The zero-order valence-corrected chi connectivity index (χ0v) is 14.4. The molecule has 9 nitrogen and oxygen atoms in total. The van der Waals surface area contributed by atoms with Crippen molar-refractivity contribution in [2.45, 2.75) is 39.8 Å². The molecule has 3 heterocycles. The van der Waals surface area contributed by atoms with Gasteiger partial charge in [-0.25, -0.2) is 13.9 Å². The van der Waals surface area contributed by atoms with Crippen LogP contribution < -0.4 is 10.3 Å². The van der Waals surface area contributed by atoms with Crippen molar-refractivity contribution in [1.29, 1.82) is 0 Å².